The molecule has 0 radical (unpaired) electrons. The van der Waals surface area contributed by atoms with Crippen LogP contribution in [0.25, 0.3) is 22.6 Å². The van der Waals surface area contributed by atoms with Crippen molar-refractivity contribution in [3.63, 3.8) is 0 Å². The number of rotatable bonds is 2. The van der Waals surface area contributed by atoms with E-state index < -0.39 is 0 Å². The van der Waals surface area contributed by atoms with Crippen LogP contribution in [0.4, 0.5) is 4.39 Å². The second-order valence-corrected chi connectivity index (χ2v) is 4.22. The maximum absolute atomic E-state index is 12.9. The van der Waals surface area contributed by atoms with E-state index in [0.717, 1.165) is 11.1 Å². The molecule has 0 N–H and O–H groups in total. The third-order valence-electron chi connectivity index (χ3n) is 2.68. The standard InChI is InChI=1S/C14H8ClFN2O/c15-14-17-7-5-12(18-14)13-11(6-8-19-13)9-1-3-10(16)4-2-9/h1-8H. The van der Waals surface area contributed by atoms with E-state index in [1.807, 2.05) is 0 Å². The molecule has 5 heteroatoms. The lowest BCUT2D eigenvalue weighted by Crippen LogP contribution is -1.87. The second-order valence-electron chi connectivity index (χ2n) is 3.88. The fourth-order valence-corrected chi connectivity index (χ4v) is 1.97. The molecule has 0 saturated carbocycles. The molecule has 0 aliphatic carbocycles. The van der Waals surface area contributed by atoms with Crippen molar-refractivity contribution in [1.29, 1.82) is 0 Å². The van der Waals surface area contributed by atoms with Crippen LogP contribution in [-0.2, 0) is 0 Å². The first-order valence-corrected chi connectivity index (χ1v) is 5.94. The topological polar surface area (TPSA) is 38.9 Å². The van der Waals surface area contributed by atoms with Gasteiger partial charge in [0.1, 0.15) is 11.5 Å². The van der Waals surface area contributed by atoms with Crippen LogP contribution in [0.3, 0.4) is 0 Å². The average molecular weight is 275 g/mol. The average Bonchev–Trinajstić information content (AvgIpc) is 2.89. The van der Waals surface area contributed by atoms with Crippen molar-refractivity contribution in [3.05, 3.63) is 60.0 Å². The number of aromatic nitrogens is 2. The van der Waals surface area contributed by atoms with Crippen LogP contribution >= 0.6 is 11.6 Å². The van der Waals surface area contributed by atoms with Crippen LogP contribution in [0.5, 0.6) is 0 Å². The predicted octanol–water partition coefficient (Wildman–Crippen LogP) is 4.20. The lowest BCUT2D eigenvalue weighted by molar-refractivity contribution is 0.580. The van der Waals surface area contributed by atoms with Gasteiger partial charge in [0.05, 0.1) is 6.26 Å². The van der Waals surface area contributed by atoms with Crippen LogP contribution in [0.2, 0.25) is 5.28 Å². The number of nitrogens with zero attached hydrogens (tertiary/aromatic N) is 2. The third-order valence-corrected chi connectivity index (χ3v) is 2.86. The summed E-state index contributed by atoms with van der Waals surface area (Å²) in [5.74, 6) is 0.301. The van der Waals surface area contributed by atoms with Gasteiger partial charge in [0, 0.05) is 11.8 Å². The molecule has 0 aliphatic heterocycles. The molecule has 0 unspecified atom stereocenters. The highest BCUT2D eigenvalue weighted by molar-refractivity contribution is 6.28. The van der Waals surface area contributed by atoms with Crippen LogP contribution in [0.15, 0.2) is 53.3 Å². The molecule has 2 heterocycles. The van der Waals surface area contributed by atoms with Gasteiger partial charge in [0.25, 0.3) is 0 Å². The Morgan fingerprint density at radius 3 is 2.58 bits per heavy atom. The summed E-state index contributed by atoms with van der Waals surface area (Å²) in [6.45, 7) is 0. The van der Waals surface area contributed by atoms with Gasteiger partial charge in [-0.15, -0.1) is 0 Å². The highest BCUT2D eigenvalue weighted by atomic mass is 35.5. The number of halogens is 2. The summed E-state index contributed by atoms with van der Waals surface area (Å²) < 4.78 is 18.4. The van der Waals surface area contributed by atoms with Crippen molar-refractivity contribution in [2.45, 2.75) is 0 Å². The van der Waals surface area contributed by atoms with Crippen molar-refractivity contribution < 1.29 is 8.81 Å². The summed E-state index contributed by atoms with van der Waals surface area (Å²) in [5, 5.41) is 0.152. The summed E-state index contributed by atoms with van der Waals surface area (Å²) in [6.07, 6.45) is 3.12. The molecule has 3 rings (SSSR count). The Kier molecular flexibility index (Phi) is 3.01. The molecule has 0 atom stereocenters. The van der Waals surface area contributed by atoms with Gasteiger partial charge in [-0.05, 0) is 41.4 Å². The van der Waals surface area contributed by atoms with Crippen molar-refractivity contribution in [1.82, 2.24) is 9.97 Å². The van der Waals surface area contributed by atoms with Gasteiger partial charge in [-0.25, -0.2) is 14.4 Å². The van der Waals surface area contributed by atoms with Gasteiger partial charge in [-0.1, -0.05) is 12.1 Å². The van der Waals surface area contributed by atoms with Gasteiger partial charge in [-0.3, -0.25) is 0 Å². The Balaban J connectivity index is 2.10. The molecule has 3 aromatic rings. The van der Waals surface area contributed by atoms with E-state index in [4.69, 9.17) is 16.0 Å². The Morgan fingerprint density at radius 2 is 1.84 bits per heavy atom. The van der Waals surface area contributed by atoms with E-state index in [-0.39, 0.29) is 11.1 Å². The molecule has 0 saturated heterocycles. The van der Waals surface area contributed by atoms with E-state index in [9.17, 15) is 4.39 Å². The first kappa shape index (κ1) is 11.9. The fraction of sp³-hybridized carbons (Fsp3) is 0. The molecule has 0 amide bonds. The third kappa shape index (κ3) is 2.35. The zero-order chi connectivity index (χ0) is 13.2. The number of furan rings is 1. The molecule has 94 valence electrons. The number of hydrogen-bond donors (Lipinski definition) is 0. The zero-order valence-electron chi connectivity index (χ0n) is 9.68. The largest absolute Gasteiger partial charge is 0.462 e. The Morgan fingerprint density at radius 1 is 1.05 bits per heavy atom. The second kappa shape index (κ2) is 4.82. The molecule has 19 heavy (non-hydrogen) atoms. The maximum Gasteiger partial charge on any atom is 0.222 e. The quantitative estimate of drug-likeness (QED) is 0.658. The highest BCUT2D eigenvalue weighted by Gasteiger charge is 2.12. The normalized spacial score (nSPS) is 10.6. The molecule has 0 fully saturated rings. The van der Waals surface area contributed by atoms with Crippen LogP contribution in [0.1, 0.15) is 0 Å². The van der Waals surface area contributed by atoms with Gasteiger partial charge in [-0.2, -0.15) is 0 Å². The van der Waals surface area contributed by atoms with Gasteiger partial charge >= 0.3 is 0 Å². The van der Waals surface area contributed by atoms with Crippen molar-refractivity contribution in [3.8, 4) is 22.6 Å². The van der Waals surface area contributed by atoms with E-state index in [2.05, 4.69) is 9.97 Å². The summed E-state index contributed by atoms with van der Waals surface area (Å²) in [5.41, 5.74) is 2.26. The number of hydrogen-bond acceptors (Lipinski definition) is 3. The molecule has 0 aliphatic rings. The van der Waals surface area contributed by atoms with E-state index in [1.165, 1.54) is 12.1 Å². The smallest absolute Gasteiger partial charge is 0.222 e. The minimum absolute atomic E-state index is 0.152. The monoisotopic (exact) mass is 274 g/mol. The van der Waals surface area contributed by atoms with E-state index in [0.29, 0.717) is 11.5 Å². The van der Waals surface area contributed by atoms with Gasteiger partial charge < -0.3 is 4.42 Å². The van der Waals surface area contributed by atoms with E-state index >= 15 is 0 Å². The molecule has 2 aromatic heterocycles. The SMILES string of the molecule is Fc1ccc(-c2ccoc2-c2ccnc(Cl)n2)cc1. The molecule has 1 aromatic carbocycles. The maximum atomic E-state index is 12.9. The van der Waals surface area contributed by atoms with Crippen LogP contribution in [0, 0.1) is 5.82 Å². The van der Waals surface area contributed by atoms with Crippen LogP contribution < -0.4 is 0 Å². The molecule has 3 nitrogen and oxygen atoms in total. The summed E-state index contributed by atoms with van der Waals surface area (Å²) in [6, 6.07) is 9.69. The minimum atomic E-state index is -0.279. The lowest BCUT2D eigenvalue weighted by atomic mass is 10.1. The van der Waals surface area contributed by atoms with Crippen molar-refractivity contribution in [2.24, 2.45) is 0 Å². The number of benzene rings is 1. The Hall–Kier alpha value is -2.20. The van der Waals surface area contributed by atoms with Gasteiger partial charge in [0.15, 0.2) is 5.76 Å². The van der Waals surface area contributed by atoms with Gasteiger partial charge in [0.2, 0.25) is 5.28 Å². The Labute approximate surface area is 113 Å². The molecule has 0 spiro atoms. The molecule has 0 bridgehead atoms. The lowest BCUT2D eigenvalue weighted by Gasteiger charge is -2.02. The van der Waals surface area contributed by atoms with E-state index in [1.54, 1.807) is 36.7 Å². The summed E-state index contributed by atoms with van der Waals surface area (Å²) in [7, 11) is 0. The predicted molar refractivity (Wildman–Crippen MR) is 70.1 cm³/mol. The van der Waals surface area contributed by atoms with Crippen molar-refractivity contribution in [2.75, 3.05) is 0 Å². The van der Waals surface area contributed by atoms with Crippen LogP contribution in [-0.4, -0.2) is 9.97 Å². The zero-order valence-corrected chi connectivity index (χ0v) is 10.4. The molecular weight excluding hydrogens is 267 g/mol. The van der Waals surface area contributed by atoms with Crippen molar-refractivity contribution >= 4 is 11.6 Å². The molecular formula is C14H8ClFN2O. The first-order valence-electron chi connectivity index (χ1n) is 5.56. The first-order chi connectivity index (χ1) is 9.24. The Bertz CT molecular complexity index is 709. The fourth-order valence-electron chi connectivity index (χ4n) is 1.83. The summed E-state index contributed by atoms with van der Waals surface area (Å²) >= 11 is 5.77. The summed E-state index contributed by atoms with van der Waals surface area (Å²) in [4.78, 5) is 7.93. The minimum Gasteiger partial charge on any atom is -0.462 e. The highest BCUT2D eigenvalue weighted by Crippen LogP contribution is 2.32.